The van der Waals surface area contributed by atoms with Crippen LogP contribution in [0.25, 0.3) is 0 Å². The van der Waals surface area contributed by atoms with Crippen molar-refractivity contribution in [3.05, 3.63) is 60.2 Å². The van der Waals surface area contributed by atoms with Gasteiger partial charge < -0.3 is 15.2 Å². The van der Waals surface area contributed by atoms with Crippen LogP contribution in [-0.2, 0) is 6.61 Å². The molecule has 0 amide bonds. The number of thiol groups is 1. The van der Waals surface area contributed by atoms with Crippen molar-refractivity contribution in [1.82, 2.24) is 0 Å². The summed E-state index contributed by atoms with van der Waals surface area (Å²) in [4.78, 5) is 0. The van der Waals surface area contributed by atoms with Gasteiger partial charge in [-0.05, 0) is 49.1 Å². The molecule has 2 rings (SSSR count). The standard InChI is InChI=1S/C19H25NO2S.ClH/c20-17(15-23)8-4-5-13-21-18-9-11-19(12-10-18)22-14-16-6-2-1-3-7-16;/h1-3,6-7,9-12,17,23H,4-5,8,13-15,20H2;1H. The minimum atomic E-state index is 0. The Bertz CT molecular complexity index is 551. The lowest BCUT2D eigenvalue weighted by atomic mass is 10.1. The van der Waals surface area contributed by atoms with Crippen molar-refractivity contribution in [1.29, 1.82) is 0 Å². The molecule has 132 valence electrons. The molecule has 0 aliphatic carbocycles. The van der Waals surface area contributed by atoms with Gasteiger partial charge in [0, 0.05) is 11.8 Å². The smallest absolute Gasteiger partial charge is 0.120 e. The van der Waals surface area contributed by atoms with Crippen molar-refractivity contribution in [3.8, 4) is 11.5 Å². The molecule has 1 unspecified atom stereocenters. The predicted octanol–water partition coefficient (Wildman–Crippen LogP) is 4.49. The lowest BCUT2D eigenvalue weighted by Gasteiger charge is -2.10. The summed E-state index contributed by atoms with van der Waals surface area (Å²) >= 11 is 4.18. The molecule has 3 nitrogen and oxygen atoms in total. The molecule has 0 heterocycles. The van der Waals surface area contributed by atoms with E-state index in [1.807, 2.05) is 42.5 Å². The first-order valence-corrected chi connectivity index (χ1v) is 8.67. The Hall–Kier alpha value is -1.36. The van der Waals surface area contributed by atoms with Crippen LogP contribution in [0.5, 0.6) is 11.5 Å². The third-order valence-corrected chi connectivity index (χ3v) is 4.01. The van der Waals surface area contributed by atoms with Crippen molar-refractivity contribution in [2.24, 2.45) is 5.73 Å². The Kier molecular flexibility index (Phi) is 10.4. The third kappa shape index (κ3) is 7.95. The molecule has 0 aromatic heterocycles. The second-order valence-electron chi connectivity index (χ2n) is 5.53. The quantitative estimate of drug-likeness (QED) is 0.480. The molecule has 1 atom stereocenters. The van der Waals surface area contributed by atoms with Gasteiger partial charge in [-0.25, -0.2) is 0 Å². The highest BCUT2D eigenvalue weighted by atomic mass is 35.5. The zero-order valence-electron chi connectivity index (χ0n) is 13.8. The average molecular weight is 368 g/mol. The molecule has 0 aliphatic rings. The number of unbranched alkanes of at least 4 members (excludes halogenated alkanes) is 1. The largest absolute Gasteiger partial charge is 0.494 e. The van der Waals surface area contributed by atoms with E-state index in [1.165, 1.54) is 0 Å². The molecule has 5 heteroatoms. The Labute approximate surface area is 156 Å². The van der Waals surface area contributed by atoms with Crippen LogP contribution < -0.4 is 15.2 Å². The van der Waals surface area contributed by atoms with Crippen LogP contribution >= 0.6 is 25.0 Å². The summed E-state index contributed by atoms with van der Waals surface area (Å²) < 4.78 is 11.5. The van der Waals surface area contributed by atoms with Crippen LogP contribution in [0, 0.1) is 0 Å². The lowest BCUT2D eigenvalue weighted by molar-refractivity contribution is 0.296. The molecule has 24 heavy (non-hydrogen) atoms. The van der Waals surface area contributed by atoms with Crippen molar-refractivity contribution in [2.75, 3.05) is 12.4 Å². The first-order valence-electron chi connectivity index (χ1n) is 8.04. The minimum absolute atomic E-state index is 0. The van der Waals surface area contributed by atoms with Gasteiger partial charge in [0.1, 0.15) is 18.1 Å². The molecule has 0 bridgehead atoms. The molecule has 0 saturated carbocycles. The maximum Gasteiger partial charge on any atom is 0.120 e. The zero-order chi connectivity index (χ0) is 16.3. The van der Waals surface area contributed by atoms with Gasteiger partial charge in [-0.15, -0.1) is 12.4 Å². The number of ether oxygens (including phenoxy) is 2. The molecule has 0 fully saturated rings. The molecule has 2 N–H and O–H groups in total. The Morgan fingerprint density at radius 3 is 2.12 bits per heavy atom. The molecule has 0 spiro atoms. The number of benzene rings is 2. The first kappa shape index (κ1) is 20.7. The van der Waals surface area contributed by atoms with Crippen molar-refractivity contribution < 1.29 is 9.47 Å². The summed E-state index contributed by atoms with van der Waals surface area (Å²) in [5.41, 5.74) is 6.98. The van der Waals surface area contributed by atoms with E-state index >= 15 is 0 Å². The van der Waals surface area contributed by atoms with Gasteiger partial charge in [-0.1, -0.05) is 30.3 Å². The number of halogens is 1. The summed E-state index contributed by atoms with van der Waals surface area (Å²) in [5, 5.41) is 0. The lowest BCUT2D eigenvalue weighted by Crippen LogP contribution is -2.21. The van der Waals surface area contributed by atoms with E-state index < -0.39 is 0 Å². The van der Waals surface area contributed by atoms with E-state index in [0.29, 0.717) is 13.2 Å². The van der Waals surface area contributed by atoms with Crippen LogP contribution in [0.4, 0.5) is 0 Å². The Morgan fingerprint density at radius 1 is 0.875 bits per heavy atom. The second kappa shape index (κ2) is 12.1. The summed E-state index contributed by atoms with van der Waals surface area (Å²) in [6.45, 7) is 1.29. The highest BCUT2D eigenvalue weighted by Crippen LogP contribution is 2.19. The summed E-state index contributed by atoms with van der Waals surface area (Å²) in [6, 6.07) is 18.1. The topological polar surface area (TPSA) is 44.5 Å². The van der Waals surface area contributed by atoms with Gasteiger partial charge in [-0.2, -0.15) is 12.6 Å². The second-order valence-corrected chi connectivity index (χ2v) is 5.90. The predicted molar refractivity (Wildman–Crippen MR) is 106 cm³/mol. The summed E-state index contributed by atoms with van der Waals surface area (Å²) in [5.74, 6) is 2.46. The normalized spacial score (nSPS) is 11.4. The highest BCUT2D eigenvalue weighted by Gasteiger charge is 2.00. The highest BCUT2D eigenvalue weighted by molar-refractivity contribution is 7.80. The molecule has 0 radical (unpaired) electrons. The van der Waals surface area contributed by atoms with E-state index in [4.69, 9.17) is 15.2 Å². The molecule has 2 aromatic carbocycles. The zero-order valence-corrected chi connectivity index (χ0v) is 15.5. The average Bonchev–Trinajstić information content (AvgIpc) is 2.61. The van der Waals surface area contributed by atoms with Crippen molar-refractivity contribution in [3.63, 3.8) is 0 Å². The summed E-state index contributed by atoms with van der Waals surface area (Å²) in [7, 11) is 0. The Balaban J connectivity index is 0.00000288. The monoisotopic (exact) mass is 367 g/mol. The molecular weight excluding hydrogens is 342 g/mol. The van der Waals surface area contributed by atoms with E-state index in [0.717, 1.165) is 42.1 Å². The van der Waals surface area contributed by atoms with Crippen LogP contribution in [0.2, 0.25) is 0 Å². The van der Waals surface area contributed by atoms with Gasteiger partial charge >= 0.3 is 0 Å². The van der Waals surface area contributed by atoms with E-state index in [9.17, 15) is 0 Å². The molecule has 0 aliphatic heterocycles. The van der Waals surface area contributed by atoms with Gasteiger partial charge in [0.05, 0.1) is 6.61 Å². The van der Waals surface area contributed by atoms with E-state index in [2.05, 4.69) is 24.8 Å². The fraction of sp³-hybridized carbons (Fsp3) is 0.368. The maximum absolute atomic E-state index is 5.82. The number of rotatable bonds is 10. The van der Waals surface area contributed by atoms with Crippen LogP contribution in [0.3, 0.4) is 0 Å². The molecule has 0 saturated heterocycles. The maximum atomic E-state index is 5.82. The van der Waals surface area contributed by atoms with Gasteiger partial charge in [0.15, 0.2) is 0 Å². The van der Waals surface area contributed by atoms with Gasteiger partial charge in [0.2, 0.25) is 0 Å². The van der Waals surface area contributed by atoms with Crippen LogP contribution in [0.15, 0.2) is 54.6 Å². The van der Waals surface area contributed by atoms with E-state index in [-0.39, 0.29) is 18.4 Å². The SMILES string of the molecule is Cl.NC(CS)CCCCOc1ccc(OCc2ccccc2)cc1. The van der Waals surface area contributed by atoms with Crippen LogP contribution in [-0.4, -0.2) is 18.4 Å². The molecule has 2 aromatic rings. The number of hydrogen-bond donors (Lipinski definition) is 2. The van der Waals surface area contributed by atoms with E-state index in [1.54, 1.807) is 0 Å². The molecular formula is C19H26ClNO2S. The van der Waals surface area contributed by atoms with Crippen molar-refractivity contribution >= 4 is 25.0 Å². The summed E-state index contributed by atoms with van der Waals surface area (Å²) in [6.07, 6.45) is 3.08. The number of hydrogen-bond acceptors (Lipinski definition) is 4. The van der Waals surface area contributed by atoms with Crippen LogP contribution in [0.1, 0.15) is 24.8 Å². The third-order valence-electron chi connectivity index (χ3n) is 3.54. The minimum Gasteiger partial charge on any atom is -0.494 e. The van der Waals surface area contributed by atoms with Gasteiger partial charge in [0.25, 0.3) is 0 Å². The fourth-order valence-electron chi connectivity index (χ4n) is 2.16. The van der Waals surface area contributed by atoms with Crippen molar-refractivity contribution in [2.45, 2.75) is 31.9 Å². The fourth-order valence-corrected chi connectivity index (χ4v) is 2.35. The van der Waals surface area contributed by atoms with Gasteiger partial charge in [-0.3, -0.25) is 0 Å². The Morgan fingerprint density at radius 2 is 1.50 bits per heavy atom. The number of nitrogens with two attached hydrogens (primary N) is 1. The first-order chi connectivity index (χ1) is 11.3.